The summed E-state index contributed by atoms with van der Waals surface area (Å²) < 4.78 is 5.09. The van der Waals surface area contributed by atoms with Crippen LogP contribution in [0.4, 0.5) is 0 Å². The monoisotopic (exact) mass is 129 g/mol. The maximum absolute atomic E-state index is 5.09. The van der Waals surface area contributed by atoms with Crippen LogP contribution < -0.4 is 0 Å². The molecule has 1 atom stereocenters. The van der Waals surface area contributed by atoms with E-state index in [-0.39, 0.29) is 0 Å². The second kappa shape index (κ2) is 2.67. The summed E-state index contributed by atoms with van der Waals surface area (Å²) in [6.45, 7) is 6.46. The molecule has 0 unspecified atom stereocenters. The maximum atomic E-state index is 5.09. The largest absolute Gasteiger partial charge is 0.372 e. The Morgan fingerprint density at radius 1 is 1.67 bits per heavy atom. The highest BCUT2D eigenvalue weighted by molar-refractivity contribution is 4.73. The molecule has 0 aromatic carbocycles. The summed E-state index contributed by atoms with van der Waals surface area (Å²) in [5.41, 5.74) is 0. The van der Waals surface area contributed by atoms with Crippen LogP contribution in [-0.4, -0.2) is 37.2 Å². The Labute approximate surface area is 56.8 Å². The first-order chi connectivity index (χ1) is 4.20. The molecule has 0 radical (unpaired) electrons. The molecule has 54 valence electrons. The van der Waals surface area contributed by atoms with E-state index in [9.17, 15) is 0 Å². The van der Waals surface area contributed by atoms with Crippen LogP contribution in [-0.2, 0) is 4.74 Å². The molecule has 1 saturated heterocycles. The fourth-order valence-corrected chi connectivity index (χ4v) is 0.705. The van der Waals surface area contributed by atoms with Crippen molar-refractivity contribution in [3.8, 4) is 0 Å². The minimum Gasteiger partial charge on any atom is -0.372 e. The molecule has 2 nitrogen and oxygen atoms in total. The lowest BCUT2D eigenvalue weighted by molar-refractivity contribution is 0.242. The lowest BCUT2D eigenvalue weighted by atomic mass is 10.3. The Morgan fingerprint density at radius 3 is 2.56 bits per heavy atom. The van der Waals surface area contributed by atoms with Gasteiger partial charge in [-0.25, -0.2) is 0 Å². The van der Waals surface area contributed by atoms with Crippen LogP contribution in [0.1, 0.15) is 13.8 Å². The topological polar surface area (TPSA) is 15.8 Å². The van der Waals surface area contributed by atoms with Crippen LogP contribution in [0, 0.1) is 0 Å². The number of hydrogen-bond acceptors (Lipinski definition) is 2. The summed E-state index contributed by atoms with van der Waals surface area (Å²) >= 11 is 0. The van der Waals surface area contributed by atoms with Crippen molar-refractivity contribution in [2.24, 2.45) is 0 Å². The lowest BCUT2D eigenvalue weighted by Gasteiger charge is -2.19. The van der Waals surface area contributed by atoms with Crippen molar-refractivity contribution in [3.63, 3.8) is 0 Å². The Balaban J connectivity index is 2.09. The highest BCUT2D eigenvalue weighted by atomic mass is 16.6. The average molecular weight is 129 g/mol. The van der Waals surface area contributed by atoms with E-state index in [0.717, 1.165) is 13.2 Å². The van der Waals surface area contributed by atoms with Crippen LogP contribution in [0.15, 0.2) is 0 Å². The van der Waals surface area contributed by atoms with Crippen molar-refractivity contribution in [1.29, 1.82) is 0 Å². The van der Waals surface area contributed by atoms with Crippen LogP contribution >= 0.6 is 0 Å². The van der Waals surface area contributed by atoms with Gasteiger partial charge in [-0.2, -0.15) is 0 Å². The zero-order chi connectivity index (χ0) is 6.85. The van der Waals surface area contributed by atoms with Gasteiger partial charge in [0.25, 0.3) is 0 Å². The van der Waals surface area contributed by atoms with Crippen LogP contribution in [0.25, 0.3) is 0 Å². The third-order valence-corrected chi connectivity index (χ3v) is 1.78. The summed E-state index contributed by atoms with van der Waals surface area (Å²) in [6.07, 6.45) is 0.539. The van der Waals surface area contributed by atoms with E-state index in [1.807, 2.05) is 0 Å². The first-order valence-electron chi connectivity index (χ1n) is 3.52. The van der Waals surface area contributed by atoms with E-state index in [1.54, 1.807) is 0 Å². The summed E-state index contributed by atoms with van der Waals surface area (Å²) in [4.78, 5) is 2.30. The predicted octanol–water partition coefficient (Wildman–Crippen LogP) is 0.725. The van der Waals surface area contributed by atoms with Gasteiger partial charge in [0.1, 0.15) is 0 Å². The molecule has 1 aliphatic heterocycles. The standard InChI is InChI=1S/C7H15NO/c1-6(2)8(3)4-7-5-9-7/h6-7H,4-5H2,1-3H3/t7-/m1/s1. The third-order valence-electron chi connectivity index (χ3n) is 1.78. The molecule has 0 spiro atoms. The summed E-state index contributed by atoms with van der Waals surface area (Å²) in [5, 5.41) is 0. The van der Waals surface area contributed by atoms with Crippen molar-refractivity contribution in [2.75, 3.05) is 20.2 Å². The second-order valence-electron chi connectivity index (χ2n) is 2.99. The molecule has 1 heterocycles. The highest BCUT2D eigenvalue weighted by Gasteiger charge is 2.24. The summed E-state index contributed by atoms with van der Waals surface area (Å²) in [7, 11) is 2.13. The first-order valence-corrected chi connectivity index (χ1v) is 3.52. The summed E-state index contributed by atoms with van der Waals surface area (Å²) in [5.74, 6) is 0. The van der Waals surface area contributed by atoms with Gasteiger partial charge in [-0.3, -0.25) is 0 Å². The Kier molecular flexibility index (Phi) is 2.09. The van der Waals surface area contributed by atoms with Crippen molar-refractivity contribution >= 4 is 0 Å². The minimum atomic E-state index is 0.539. The molecule has 0 N–H and O–H groups in total. The van der Waals surface area contributed by atoms with E-state index in [1.165, 1.54) is 0 Å². The smallest absolute Gasteiger partial charge is 0.0936 e. The molecule has 0 aromatic rings. The lowest BCUT2D eigenvalue weighted by Crippen LogP contribution is -2.29. The molecule has 1 rings (SSSR count). The van der Waals surface area contributed by atoms with Gasteiger partial charge in [0, 0.05) is 12.6 Å². The van der Waals surface area contributed by atoms with Gasteiger partial charge >= 0.3 is 0 Å². The molecule has 2 heteroatoms. The van der Waals surface area contributed by atoms with Gasteiger partial charge in [-0.1, -0.05) is 0 Å². The molecule has 1 fully saturated rings. The van der Waals surface area contributed by atoms with E-state index >= 15 is 0 Å². The van der Waals surface area contributed by atoms with Gasteiger partial charge < -0.3 is 9.64 Å². The van der Waals surface area contributed by atoms with Crippen molar-refractivity contribution in [1.82, 2.24) is 4.90 Å². The number of hydrogen-bond donors (Lipinski definition) is 0. The van der Waals surface area contributed by atoms with E-state index in [2.05, 4.69) is 25.8 Å². The van der Waals surface area contributed by atoms with Crippen LogP contribution in [0.2, 0.25) is 0 Å². The van der Waals surface area contributed by atoms with Crippen molar-refractivity contribution in [3.05, 3.63) is 0 Å². The first kappa shape index (κ1) is 7.03. The summed E-state index contributed by atoms with van der Waals surface area (Å²) in [6, 6.07) is 0.647. The van der Waals surface area contributed by atoms with E-state index in [4.69, 9.17) is 4.74 Å². The predicted molar refractivity (Wildman–Crippen MR) is 37.5 cm³/mol. The van der Waals surface area contributed by atoms with E-state index in [0.29, 0.717) is 12.1 Å². The maximum Gasteiger partial charge on any atom is 0.0936 e. The van der Waals surface area contributed by atoms with Gasteiger partial charge in [0.15, 0.2) is 0 Å². The molecular weight excluding hydrogens is 114 g/mol. The molecule has 0 saturated carbocycles. The molecule has 1 aliphatic rings. The van der Waals surface area contributed by atoms with Crippen molar-refractivity contribution < 1.29 is 4.74 Å². The fraction of sp³-hybridized carbons (Fsp3) is 1.00. The average Bonchev–Trinajstić information content (AvgIpc) is 2.50. The molecule has 0 bridgehead atoms. The third kappa shape index (κ3) is 2.33. The molecule has 9 heavy (non-hydrogen) atoms. The normalized spacial score (nSPS) is 25.7. The van der Waals surface area contributed by atoms with Gasteiger partial charge in [0.05, 0.1) is 12.7 Å². The molecule has 0 aliphatic carbocycles. The van der Waals surface area contributed by atoms with Crippen LogP contribution in [0.3, 0.4) is 0 Å². The Hall–Kier alpha value is -0.0800. The number of rotatable bonds is 3. The zero-order valence-electron chi connectivity index (χ0n) is 6.42. The van der Waals surface area contributed by atoms with Gasteiger partial charge in [0.2, 0.25) is 0 Å². The second-order valence-corrected chi connectivity index (χ2v) is 2.99. The number of epoxide rings is 1. The number of ether oxygens (including phenoxy) is 1. The Bertz CT molecular complexity index is 88.9. The molecule has 0 aromatic heterocycles. The minimum absolute atomic E-state index is 0.539. The zero-order valence-corrected chi connectivity index (χ0v) is 6.42. The highest BCUT2D eigenvalue weighted by Crippen LogP contribution is 2.10. The van der Waals surface area contributed by atoms with Crippen LogP contribution in [0.5, 0.6) is 0 Å². The van der Waals surface area contributed by atoms with E-state index < -0.39 is 0 Å². The molecule has 0 amide bonds. The fourth-order valence-electron chi connectivity index (χ4n) is 0.705. The molecular formula is C7H15NO. The quantitative estimate of drug-likeness (QED) is 0.522. The van der Waals surface area contributed by atoms with Crippen molar-refractivity contribution in [2.45, 2.75) is 26.0 Å². The number of likely N-dealkylation sites (N-methyl/N-ethyl adjacent to an activating group) is 1. The van der Waals surface area contributed by atoms with Gasteiger partial charge in [-0.05, 0) is 20.9 Å². The number of nitrogens with zero attached hydrogens (tertiary/aromatic N) is 1. The SMILES string of the molecule is CC(C)N(C)C[C@@H]1CO1. The Morgan fingerprint density at radius 2 is 2.22 bits per heavy atom. The van der Waals surface area contributed by atoms with Gasteiger partial charge in [-0.15, -0.1) is 0 Å².